The summed E-state index contributed by atoms with van der Waals surface area (Å²) in [6.45, 7) is 6.08. The lowest BCUT2D eigenvalue weighted by Crippen LogP contribution is -2.14. The third-order valence-electron chi connectivity index (χ3n) is 1.91. The Labute approximate surface area is 88.5 Å². The van der Waals surface area contributed by atoms with Crippen molar-refractivity contribution in [1.82, 2.24) is 0 Å². The number of hydrogen-bond acceptors (Lipinski definition) is 0. The Kier molecular flexibility index (Phi) is 4.73. The van der Waals surface area contributed by atoms with Gasteiger partial charge in [0.1, 0.15) is 0 Å². The summed E-state index contributed by atoms with van der Waals surface area (Å²) >= 11 is 0. The molecular weight excluding hydrogens is 184 g/mol. The van der Waals surface area contributed by atoms with Crippen molar-refractivity contribution in [2.24, 2.45) is 0 Å². The first-order valence-electron chi connectivity index (χ1n) is 4.84. The van der Waals surface area contributed by atoms with E-state index in [0.717, 1.165) is 0 Å². The molecule has 72 valence electrons. The number of hydrogen-bond donors (Lipinski definition) is 0. The second-order valence-corrected chi connectivity index (χ2v) is 5.28. The topological polar surface area (TPSA) is 0 Å². The van der Waals surface area contributed by atoms with E-state index in [1.165, 1.54) is 10.4 Å². The fourth-order valence-electron chi connectivity index (χ4n) is 1.22. The van der Waals surface area contributed by atoms with Crippen LogP contribution in [0.4, 0.5) is 0 Å². The third kappa shape index (κ3) is 4.05. The van der Waals surface area contributed by atoms with Crippen LogP contribution in [0.25, 0.3) is 0 Å². The zero-order valence-corrected chi connectivity index (χ0v) is 10.0. The van der Waals surface area contributed by atoms with E-state index in [-0.39, 0.29) is 9.52 Å². The highest BCUT2D eigenvalue weighted by atomic mass is 28.2. The summed E-state index contributed by atoms with van der Waals surface area (Å²) in [5.74, 6) is 0. The average molecular weight is 200 g/mol. The van der Waals surface area contributed by atoms with Crippen molar-refractivity contribution in [3.05, 3.63) is 66.4 Å². The maximum absolute atomic E-state index is 4.06. The summed E-state index contributed by atoms with van der Waals surface area (Å²) in [5, 5.41) is 2.72. The van der Waals surface area contributed by atoms with E-state index in [1.54, 1.807) is 0 Å². The Balaban J connectivity index is 2.50. The van der Waals surface area contributed by atoms with E-state index in [2.05, 4.69) is 49.1 Å². The van der Waals surface area contributed by atoms with Crippen molar-refractivity contribution in [3.63, 3.8) is 0 Å². The van der Waals surface area contributed by atoms with Gasteiger partial charge in [0.15, 0.2) is 0 Å². The van der Waals surface area contributed by atoms with Gasteiger partial charge in [-0.15, -0.1) is 6.58 Å². The monoisotopic (exact) mass is 200 g/mol. The molecule has 0 aliphatic rings. The predicted molar refractivity (Wildman–Crippen MR) is 67.7 cm³/mol. The summed E-state index contributed by atoms with van der Waals surface area (Å²) in [4.78, 5) is 0. The van der Waals surface area contributed by atoms with Gasteiger partial charge in [0.2, 0.25) is 0 Å². The van der Waals surface area contributed by atoms with Crippen LogP contribution in [-0.4, -0.2) is 9.52 Å². The predicted octanol–water partition coefficient (Wildman–Crippen LogP) is 2.13. The van der Waals surface area contributed by atoms with E-state index in [9.17, 15) is 0 Å². The number of allylic oxidation sites excluding steroid dienone is 5. The molecule has 0 aliphatic heterocycles. The van der Waals surface area contributed by atoms with Crippen molar-refractivity contribution in [1.29, 1.82) is 0 Å². The van der Waals surface area contributed by atoms with Gasteiger partial charge in [-0.05, 0) is 6.92 Å². The van der Waals surface area contributed by atoms with Crippen molar-refractivity contribution < 1.29 is 0 Å². The minimum Gasteiger partial charge on any atom is -0.100 e. The lowest BCUT2D eigenvalue weighted by Gasteiger charge is -1.98. The maximum Gasteiger partial charge on any atom is 0.0867 e. The molecule has 0 aliphatic carbocycles. The van der Waals surface area contributed by atoms with E-state index < -0.39 is 0 Å². The van der Waals surface area contributed by atoms with E-state index >= 15 is 0 Å². The fraction of sp³-hybridized carbons (Fsp3) is 0.0769. The number of benzene rings is 1. The van der Waals surface area contributed by atoms with Gasteiger partial charge in [0, 0.05) is 0 Å². The van der Waals surface area contributed by atoms with E-state index in [0.29, 0.717) is 0 Å². The molecule has 0 nitrogen and oxygen atoms in total. The van der Waals surface area contributed by atoms with Gasteiger partial charge < -0.3 is 0 Å². The van der Waals surface area contributed by atoms with Gasteiger partial charge in [-0.2, -0.15) is 0 Å². The van der Waals surface area contributed by atoms with Crippen LogP contribution >= 0.6 is 0 Å². The molecule has 0 heterocycles. The molecule has 1 heteroatoms. The Bertz CT molecular complexity index is 334. The lowest BCUT2D eigenvalue weighted by molar-refractivity contribution is 1.72. The highest BCUT2D eigenvalue weighted by Gasteiger charge is 1.92. The Hall–Kier alpha value is -1.34. The largest absolute Gasteiger partial charge is 0.100 e. The normalized spacial score (nSPS) is 12.1. The number of rotatable bonds is 4. The molecule has 0 saturated heterocycles. The molecule has 1 aromatic rings. The van der Waals surface area contributed by atoms with Crippen LogP contribution < -0.4 is 5.19 Å². The molecular formula is C13H16Si. The lowest BCUT2D eigenvalue weighted by atomic mass is 10.4. The van der Waals surface area contributed by atoms with Crippen LogP contribution in [-0.2, 0) is 0 Å². The molecule has 0 atom stereocenters. The standard InChI is InChI=1S/C13H16Si/c1-3-4-6-9-12(2)14-13-10-7-5-8-11-13/h3-11H,2,14H2,1H3/b4-3-,9-6-. The summed E-state index contributed by atoms with van der Waals surface area (Å²) in [6, 6.07) is 10.6. The highest BCUT2D eigenvalue weighted by Crippen LogP contribution is 1.92. The highest BCUT2D eigenvalue weighted by molar-refractivity contribution is 6.61. The maximum atomic E-state index is 4.06. The van der Waals surface area contributed by atoms with Crippen molar-refractivity contribution in [2.45, 2.75) is 6.92 Å². The zero-order chi connectivity index (χ0) is 10.2. The molecule has 0 unspecified atom stereocenters. The van der Waals surface area contributed by atoms with Crippen molar-refractivity contribution >= 4 is 14.7 Å². The molecule has 0 amide bonds. The minimum atomic E-state index is -0.330. The van der Waals surface area contributed by atoms with Gasteiger partial charge in [-0.1, -0.05) is 65.0 Å². The quantitative estimate of drug-likeness (QED) is 0.516. The van der Waals surface area contributed by atoms with E-state index in [4.69, 9.17) is 0 Å². The van der Waals surface area contributed by atoms with Crippen molar-refractivity contribution in [3.8, 4) is 0 Å². The van der Waals surface area contributed by atoms with Crippen LogP contribution in [0.3, 0.4) is 0 Å². The van der Waals surface area contributed by atoms with Crippen LogP contribution in [0.2, 0.25) is 0 Å². The van der Waals surface area contributed by atoms with E-state index in [1.807, 2.05) is 19.1 Å². The first-order chi connectivity index (χ1) is 6.83. The molecule has 0 spiro atoms. The summed E-state index contributed by atoms with van der Waals surface area (Å²) in [6.07, 6.45) is 8.22. The zero-order valence-electron chi connectivity index (χ0n) is 8.61. The summed E-state index contributed by atoms with van der Waals surface area (Å²) in [7, 11) is -0.330. The molecule has 0 radical (unpaired) electrons. The average Bonchev–Trinajstić information content (AvgIpc) is 2.20. The van der Waals surface area contributed by atoms with Crippen LogP contribution in [0.1, 0.15) is 6.92 Å². The SMILES string of the molecule is C=C(/C=C\C=C/C)[SiH2]c1ccccc1. The minimum absolute atomic E-state index is 0.330. The smallest absolute Gasteiger partial charge is 0.0867 e. The second-order valence-electron chi connectivity index (χ2n) is 3.21. The first kappa shape index (κ1) is 10.7. The Morgan fingerprint density at radius 2 is 1.93 bits per heavy atom. The van der Waals surface area contributed by atoms with Gasteiger partial charge in [-0.25, -0.2) is 0 Å². The molecule has 1 rings (SSSR count). The molecule has 0 saturated carbocycles. The van der Waals surface area contributed by atoms with Gasteiger partial charge in [0.05, 0.1) is 9.52 Å². The van der Waals surface area contributed by atoms with Crippen LogP contribution in [0, 0.1) is 0 Å². The molecule has 1 aromatic carbocycles. The van der Waals surface area contributed by atoms with Crippen molar-refractivity contribution in [2.75, 3.05) is 0 Å². The van der Waals surface area contributed by atoms with Crippen LogP contribution in [0.15, 0.2) is 66.4 Å². The van der Waals surface area contributed by atoms with Gasteiger partial charge >= 0.3 is 0 Å². The molecule has 14 heavy (non-hydrogen) atoms. The molecule has 0 N–H and O–H groups in total. The summed E-state index contributed by atoms with van der Waals surface area (Å²) in [5.41, 5.74) is 0. The Morgan fingerprint density at radius 3 is 2.57 bits per heavy atom. The molecule has 0 aromatic heterocycles. The first-order valence-corrected chi connectivity index (χ1v) is 6.25. The van der Waals surface area contributed by atoms with Crippen LogP contribution in [0.5, 0.6) is 0 Å². The summed E-state index contributed by atoms with van der Waals surface area (Å²) < 4.78 is 0. The molecule has 0 fully saturated rings. The fourth-order valence-corrected chi connectivity index (χ4v) is 2.51. The second kappa shape index (κ2) is 6.16. The molecule has 0 bridgehead atoms. The van der Waals surface area contributed by atoms with Gasteiger partial charge in [-0.3, -0.25) is 0 Å². The third-order valence-corrected chi connectivity index (χ3v) is 3.48. The Morgan fingerprint density at radius 1 is 1.21 bits per heavy atom. The van der Waals surface area contributed by atoms with Gasteiger partial charge in [0.25, 0.3) is 0 Å².